The van der Waals surface area contributed by atoms with E-state index in [1.54, 1.807) is 0 Å². The highest BCUT2D eigenvalue weighted by Crippen LogP contribution is 2.10. The Labute approximate surface area is 119 Å². The SMILES string of the molecule is CC(C)n1ccc(CC(COc2ccccc2)NN)n1. The van der Waals surface area contributed by atoms with Crippen LogP contribution in [0.5, 0.6) is 5.75 Å². The standard InChI is InChI=1S/C15H22N4O/c1-12(2)19-9-8-13(18-19)10-14(17-16)11-20-15-6-4-3-5-7-15/h3-9,12,14,17H,10-11,16H2,1-2H3. The topological polar surface area (TPSA) is 65.1 Å². The Morgan fingerprint density at radius 1 is 1.25 bits per heavy atom. The zero-order chi connectivity index (χ0) is 14.4. The Kier molecular flexibility index (Phi) is 5.15. The molecular formula is C15H22N4O. The number of aromatic nitrogens is 2. The minimum absolute atomic E-state index is 0.0331. The third-order valence-corrected chi connectivity index (χ3v) is 3.08. The van der Waals surface area contributed by atoms with Gasteiger partial charge in [0.2, 0.25) is 0 Å². The molecule has 2 aromatic rings. The van der Waals surface area contributed by atoms with Crippen LogP contribution in [0.4, 0.5) is 0 Å². The molecule has 1 aromatic carbocycles. The molecule has 1 heterocycles. The number of hydrazine groups is 1. The lowest BCUT2D eigenvalue weighted by Gasteiger charge is -2.15. The van der Waals surface area contributed by atoms with Gasteiger partial charge in [-0.1, -0.05) is 18.2 Å². The van der Waals surface area contributed by atoms with Crippen molar-refractivity contribution < 1.29 is 4.74 Å². The Morgan fingerprint density at radius 2 is 2.00 bits per heavy atom. The van der Waals surface area contributed by atoms with Crippen molar-refractivity contribution in [1.29, 1.82) is 0 Å². The molecule has 0 saturated heterocycles. The van der Waals surface area contributed by atoms with E-state index in [0.29, 0.717) is 12.6 Å². The van der Waals surface area contributed by atoms with Crippen molar-refractivity contribution >= 4 is 0 Å². The lowest BCUT2D eigenvalue weighted by atomic mass is 10.2. The Balaban J connectivity index is 1.88. The maximum Gasteiger partial charge on any atom is 0.119 e. The van der Waals surface area contributed by atoms with Crippen molar-refractivity contribution in [3.8, 4) is 5.75 Å². The smallest absolute Gasteiger partial charge is 0.119 e. The molecule has 0 aliphatic heterocycles. The molecule has 1 unspecified atom stereocenters. The van der Waals surface area contributed by atoms with E-state index < -0.39 is 0 Å². The maximum absolute atomic E-state index is 5.71. The third-order valence-electron chi connectivity index (χ3n) is 3.08. The average Bonchev–Trinajstić information content (AvgIpc) is 2.93. The first-order valence-electron chi connectivity index (χ1n) is 6.87. The van der Waals surface area contributed by atoms with Gasteiger partial charge in [-0.25, -0.2) is 0 Å². The van der Waals surface area contributed by atoms with Gasteiger partial charge >= 0.3 is 0 Å². The highest BCUT2D eigenvalue weighted by molar-refractivity contribution is 5.21. The van der Waals surface area contributed by atoms with Crippen LogP contribution in [0.3, 0.4) is 0 Å². The van der Waals surface area contributed by atoms with Gasteiger partial charge in [0.05, 0.1) is 11.7 Å². The molecule has 108 valence electrons. The van der Waals surface area contributed by atoms with Crippen LogP contribution in [0.15, 0.2) is 42.6 Å². The summed E-state index contributed by atoms with van der Waals surface area (Å²) in [5, 5.41) is 4.52. The van der Waals surface area contributed by atoms with E-state index in [4.69, 9.17) is 10.6 Å². The molecule has 3 N–H and O–H groups in total. The minimum atomic E-state index is 0.0331. The molecule has 1 atom stereocenters. The minimum Gasteiger partial charge on any atom is -0.492 e. The van der Waals surface area contributed by atoms with Crippen molar-refractivity contribution in [2.45, 2.75) is 32.4 Å². The third kappa shape index (κ3) is 4.08. The van der Waals surface area contributed by atoms with Gasteiger partial charge in [-0.15, -0.1) is 0 Å². The van der Waals surface area contributed by atoms with Gasteiger partial charge in [-0.2, -0.15) is 5.10 Å². The Bertz CT molecular complexity index is 510. The number of hydrogen-bond donors (Lipinski definition) is 2. The fourth-order valence-electron chi connectivity index (χ4n) is 1.91. The molecule has 1 aromatic heterocycles. The van der Waals surface area contributed by atoms with Crippen molar-refractivity contribution in [2.75, 3.05) is 6.61 Å². The molecule has 0 bridgehead atoms. The lowest BCUT2D eigenvalue weighted by Crippen LogP contribution is -2.41. The van der Waals surface area contributed by atoms with Crippen LogP contribution in [0, 0.1) is 0 Å². The molecule has 5 heteroatoms. The molecule has 0 fully saturated rings. The molecule has 0 amide bonds. The average molecular weight is 274 g/mol. The molecule has 2 rings (SSSR count). The van der Waals surface area contributed by atoms with Crippen molar-refractivity contribution in [3.63, 3.8) is 0 Å². The summed E-state index contributed by atoms with van der Waals surface area (Å²) in [6.07, 6.45) is 2.73. The molecule has 0 aliphatic rings. The summed E-state index contributed by atoms with van der Waals surface area (Å²) in [5.74, 6) is 6.43. The molecule has 0 radical (unpaired) electrons. The highest BCUT2D eigenvalue weighted by atomic mass is 16.5. The van der Waals surface area contributed by atoms with Crippen LogP contribution in [0.25, 0.3) is 0 Å². The summed E-state index contributed by atoms with van der Waals surface area (Å²) in [6, 6.07) is 12.1. The highest BCUT2D eigenvalue weighted by Gasteiger charge is 2.11. The van der Waals surface area contributed by atoms with E-state index in [9.17, 15) is 0 Å². The number of para-hydroxylation sites is 1. The monoisotopic (exact) mass is 274 g/mol. The Morgan fingerprint density at radius 3 is 2.60 bits per heavy atom. The van der Waals surface area contributed by atoms with Gasteiger partial charge in [-0.05, 0) is 32.0 Å². The largest absolute Gasteiger partial charge is 0.492 e. The zero-order valence-corrected chi connectivity index (χ0v) is 12.0. The van der Waals surface area contributed by atoms with Gasteiger partial charge in [0.15, 0.2) is 0 Å². The zero-order valence-electron chi connectivity index (χ0n) is 12.0. The summed E-state index contributed by atoms with van der Waals surface area (Å²) in [6.45, 7) is 4.72. The molecule has 0 saturated carbocycles. The molecule has 20 heavy (non-hydrogen) atoms. The summed E-state index contributed by atoms with van der Waals surface area (Å²) >= 11 is 0. The van der Waals surface area contributed by atoms with Crippen LogP contribution >= 0.6 is 0 Å². The predicted molar refractivity (Wildman–Crippen MR) is 79.4 cm³/mol. The first kappa shape index (κ1) is 14.6. The number of hydrogen-bond acceptors (Lipinski definition) is 4. The first-order chi connectivity index (χ1) is 9.69. The van der Waals surface area contributed by atoms with Crippen LogP contribution in [-0.4, -0.2) is 22.4 Å². The van der Waals surface area contributed by atoms with Gasteiger partial charge < -0.3 is 4.74 Å². The maximum atomic E-state index is 5.71. The molecule has 0 aliphatic carbocycles. The van der Waals surface area contributed by atoms with Crippen LogP contribution in [-0.2, 0) is 6.42 Å². The molecule has 0 spiro atoms. The molecular weight excluding hydrogens is 252 g/mol. The number of benzene rings is 1. The number of rotatable bonds is 7. The fourth-order valence-corrected chi connectivity index (χ4v) is 1.91. The van der Waals surface area contributed by atoms with Gasteiger partial charge in [0, 0.05) is 18.7 Å². The van der Waals surface area contributed by atoms with Crippen LogP contribution in [0.1, 0.15) is 25.6 Å². The predicted octanol–water partition coefficient (Wildman–Crippen LogP) is 1.92. The van der Waals surface area contributed by atoms with E-state index in [1.165, 1.54) is 0 Å². The second-order valence-electron chi connectivity index (χ2n) is 5.07. The lowest BCUT2D eigenvalue weighted by molar-refractivity contribution is 0.263. The number of nitrogens with one attached hydrogen (secondary N) is 1. The first-order valence-corrected chi connectivity index (χ1v) is 6.87. The van der Waals surface area contributed by atoms with E-state index in [2.05, 4.69) is 24.4 Å². The van der Waals surface area contributed by atoms with Gasteiger partial charge in [0.25, 0.3) is 0 Å². The van der Waals surface area contributed by atoms with Gasteiger partial charge in [-0.3, -0.25) is 16.0 Å². The van der Waals surface area contributed by atoms with E-state index in [-0.39, 0.29) is 6.04 Å². The second-order valence-corrected chi connectivity index (χ2v) is 5.07. The van der Waals surface area contributed by atoms with Gasteiger partial charge in [0.1, 0.15) is 12.4 Å². The van der Waals surface area contributed by atoms with Crippen LogP contribution < -0.4 is 16.0 Å². The number of nitrogens with zero attached hydrogens (tertiary/aromatic N) is 2. The van der Waals surface area contributed by atoms with Crippen molar-refractivity contribution in [2.24, 2.45) is 5.84 Å². The molecule has 5 nitrogen and oxygen atoms in total. The number of ether oxygens (including phenoxy) is 1. The van der Waals surface area contributed by atoms with E-state index in [1.807, 2.05) is 47.3 Å². The van der Waals surface area contributed by atoms with Crippen LogP contribution in [0.2, 0.25) is 0 Å². The quantitative estimate of drug-likeness (QED) is 0.598. The van der Waals surface area contributed by atoms with Crippen molar-refractivity contribution in [1.82, 2.24) is 15.2 Å². The van der Waals surface area contributed by atoms with Crippen molar-refractivity contribution in [3.05, 3.63) is 48.3 Å². The normalized spacial score (nSPS) is 12.6. The fraction of sp³-hybridized carbons (Fsp3) is 0.400. The summed E-state index contributed by atoms with van der Waals surface area (Å²) in [7, 11) is 0. The number of nitrogens with two attached hydrogens (primary N) is 1. The second kappa shape index (κ2) is 7.07. The van der Waals surface area contributed by atoms with E-state index in [0.717, 1.165) is 17.9 Å². The van der Waals surface area contributed by atoms with E-state index >= 15 is 0 Å². The Hall–Kier alpha value is -1.85. The summed E-state index contributed by atoms with van der Waals surface area (Å²) < 4.78 is 7.65. The summed E-state index contributed by atoms with van der Waals surface area (Å²) in [5.41, 5.74) is 3.80. The summed E-state index contributed by atoms with van der Waals surface area (Å²) in [4.78, 5) is 0.